The minimum Gasteiger partial charge on any atom is -0.490 e. The molecule has 2 fully saturated rings. The quantitative estimate of drug-likeness (QED) is 0.332. The Kier molecular flexibility index (Phi) is 7.65. The molecule has 2 nitrogen and oxygen atoms in total. The fourth-order valence-electron chi connectivity index (χ4n) is 7.03. The molecule has 0 aliphatic heterocycles. The minimum absolute atomic E-state index is 0.358. The van der Waals surface area contributed by atoms with Gasteiger partial charge < -0.3 is 9.47 Å². The van der Waals surface area contributed by atoms with Gasteiger partial charge in [-0.05, 0) is 98.6 Å². The predicted molar refractivity (Wildman–Crippen MR) is 143 cm³/mol. The first-order valence-corrected chi connectivity index (χ1v) is 13.9. The maximum absolute atomic E-state index is 6.46. The van der Waals surface area contributed by atoms with Crippen LogP contribution in [-0.2, 0) is 12.8 Å². The molecule has 2 saturated carbocycles. The molecule has 4 atom stereocenters. The van der Waals surface area contributed by atoms with Gasteiger partial charge in [0.2, 0.25) is 0 Å². The summed E-state index contributed by atoms with van der Waals surface area (Å²) in [4.78, 5) is 0. The summed E-state index contributed by atoms with van der Waals surface area (Å²) < 4.78 is 12.9. The summed E-state index contributed by atoms with van der Waals surface area (Å²) in [6.45, 7) is 13.9. The monoisotopic (exact) mass is 462 g/mol. The molecule has 186 valence electrons. The maximum atomic E-state index is 6.46. The zero-order valence-corrected chi connectivity index (χ0v) is 22.4. The van der Waals surface area contributed by atoms with Gasteiger partial charge in [0.25, 0.3) is 0 Å². The summed E-state index contributed by atoms with van der Waals surface area (Å²) in [5.41, 5.74) is 3.48. The zero-order chi connectivity index (χ0) is 24.3. The van der Waals surface area contributed by atoms with Crippen molar-refractivity contribution in [3.05, 3.63) is 59.7 Å². The topological polar surface area (TPSA) is 18.5 Å². The Bertz CT molecular complexity index is 828. The van der Waals surface area contributed by atoms with Crippen LogP contribution in [0, 0.1) is 22.7 Å². The van der Waals surface area contributed by atoms with Crippen LogP contribution < -0.4 is 9.47 Å². The van der Waals surface area contributed by atoms with Gasteiger partial charge in [0, 0.05) is 10.8 Å². The maximum Gasteiger partial charge on any atom is 0.119 e. The lowest BCUT2D eigenvalue weighted by atomic mass is 9.57. The highest BCUT2D eigenvalue weighted by molar-refractivity contribution is 5.31. The number of hydrogen-bond donors (Lipinski definition) is 0. The molecule has 2 aliphatic carbocycles. The second-order valence-electron chi connectivity index (χ2n) is 11.4. The highest BCUT2D eigenvalue weighted by Crippen LogP contribution is 2.53. The number of aryl methyl sites for hydroxylation is 2. The van der Waals surface area contributed by atoms with Gasteiger partial charge in [-0.25, -0.2) is 0 Å². The van der Waals surface area contributed by atoms with Crippen molar-refractivity contribution in [3.63, 3.8) is 0 Å². The standard InChI is InChI=1S/C32H46O2/c1-7-31(8-2)21-23(5)29(31)33-27-17-13-25(14-18-27)11-12-26-15-19-28(20-16-26)34-30-24(6)22-32(30,9-3)10-4/h13-20,23-24,29-30H,7-12,21-22H2,1-6H3. The second kappa shape index (κ2) is 10.3. The predicted octanol–water partition coefficient (Wildman–Crippen LogP) is 8.66. The molecule has 2 heteroatoms. The highest BCUT2D eigenvalue weighted by Gasteiger charge is 2.51. The van der Waals surface area contributed by atoms with Crippen molar-refractivity contribution < 1.29 is 9.47 Å². The van der Waals surface area contributed by atoms with Crippen molar-refractivity contribution in [2.24, 2.45) is 22.7 Å². The first kappa shape index (κ1) is 25.1. The van der Waals surface area contributed by atoms with Gasteiger partial charge in [-0.1, -0.05) is 65.8 Å². The van der Waals surface area contributed by atoms with E-state index in [1.165, 1.54) is 49.7 Å². The number of benzene rings is 2. The molecule has 0 spiro atoms. The number of ether oxygens (including phenoxy) is 2. The van der Waals surface area contributed by atoms with Crippen molar-refractivity contribution >= 4 is 0 Å². The minimum atomic E-state index is 0.358. The number of rotatable bonds is 11. The molecule has 0 aromatic heterocycles. The molecule has 2 aliphatic rings. The molecule has 0 radical (unpaired) electrons. The van der Waals surface area contributed by atoms with E-state index in [0.717, 1.165) is 24.3 Å². The molecule has 34 heavy (non-hydrogen) atoms. The van der Waals surface area contributed by atoms with E-state index in [9.17, 15) is 0 Å². The lowest BCUT2D eigenvalue weighted by Crippen LogP contribution is -2.54. The van der Waals surface area contributed by atoms with Crippen molar-refractivity contribution in [2.45, 2.75) is 105 Å². The van der Waals surface area contributed by atoms with Crippen LogP contribution in [0.5, 0.6) is 11.5 Å². The van der Waals surface area contributed by atoms with Crippen LogP contribution >= 0.6 is 0 Å². The molecular formula is C32H46O2. The van der Waals surface area contributed by atoms with Crippen LogP contribution in [0.2, 0.25) is 0 Å². The third-order valence-electron chi connectivity index (χ3n) is 9.59. The normalized spacial score (nSPS) is 26.9. The Labute approximate surface area is 208 Å². The third kappa shape index (κ3) is 4.75. The fourth-order valence-corrected chi connectivity index (χ4v) is 7.03. The smallest absolute Gasteiger partial charge is 0.119 e. The molecule has 0 heterocycles. The molecule has 0 bridgehead atoms. The summed E-state index contributed by atoms with van der Waals surface area (Å²) in [5.74, 6) is 3.35. The number of hydrogen-bond acceptors (Lipinski definition) is 2. The third-order valence-corrected chi connectivity index (χ3v) is 9.59. The molecule has 2 aromatic rings. The van der Waals surface area contributed by atoms with E-state index >= 15 is 0 Å². The van der Waals surface area contributed by atoms with E-state index in [4.69, 9.17) is 9.47 Å². The van der Waals surface area contributed by atoms with Crippen LogP contribution in [0.15, 0.2) is 48.5 Å². The van der Waals surface area contributed by atoms with E-state index < -0.39 is 0 Å². The Morgan fingerprint density at radius 2 is 0.912 bits per heavy atom. The summed E-state index contributed by atoms with van der Waals surface area (Å²) in [6.07, 6.45) is 10.2. The van der Waals surface area contributed by atoms with Crippen molar-refractivity contribution in [1.82, 2.24) is 0 Å². The van der Waals surface area contributed by atoms with Crippen molar-refractivity contribution in [2.75, 3.05) is 0 Å². The van der Waals surface area contributed by atoms with Gasteiger partial charge in [0.15, 0.2) is 0 Å². The van der Waals surface area contributed by atoms with Gasteiger partial charge in [-0.3, -0.25) is 0 Å². The lowest BCUT2D eigenvalue weighted by molar-refractivity contribution is -0.101. The zero-order valence-electron chi connectivity index (χ0n) is 22.4. The van der Waals surface area contributed by atoms with Crippen LogP contribution in [-0.4, -0.2) is 12.2 Å². The Hall–Kier alpha value is -1.96. The van der Waals surface area contributed by atoms with Gasteiger partial charge in [0.1, 0.15) is 23.7 Å². The van der Waals surface area contributed by atoms with Gasteiger partial charge >= 0.3 is 0 Å². The SMILES string of the molecule is CCC1(CC)CC(C)C1Oc1ccc(CCc2ccc(OC3C(C)CC3(CC)CC)cc2)cc1. The summed E-state index contributed by atoms with van der Waals surface area (Å²) >= 11 is 0. The highest BCUT2D eigenvalue weighted by atomic mass is 16.5. The van der Waals surface area contributed by atoms with E-state index in [-0.39, 0.29) is 0 Å². The second-order valence-corrected chi connectivity index (χ2v) is 11.4. The largest absolute Gasteiger partial charge is 0.490 e. The Balaban J connectivity index is 1.29. The van der Waals surface area contributed by atoms with Gasteiger partial charge in [0.05, 0.1) is 0 Å². The first-order valence-electron chi connectivity index (χ1n) is 13.9. The van der Waals surface area contributed by atoms with Crippen LogP contribution in [0.25, 0.3) is 0 Å². The van der Waals surface area contributed by atoms with E-state index in [1.807, 2.05) is 0 Å². The summed E-state index contributed by atoms with van der Waals surface area (Å²) in [5, 5.41) is 0. The molecule has 0 saturated heterocycles. The average molecular weight is 463 g/mol. The van der Waals surface area contributed by atoms with Gasteiger partial charge in [-0.15, -0.1) is 0 Å². The summed E-state index contributed by atoms with van der Waals surface area (Å²) in [7, 11) is 0. The average Bonchev–Trinajstić information content (AvgIpc) is 2.87. The van der Waals surface area contributed by atoms with Crippen LogP contribution in [0.1, 0.15) is 91.2 Å². The molecule has 4 unspecified atom stereocenters. The van der Waals surface area contributed by atoms with Crippen molar-refractivity contribution in [1.29, 1.82) is 0 Å². The van der Waals surface area contributed by atoms with Crippen molar-refractivity contribution in [3.8, 4) is 11.5 Å². The summed E-state index contributed by atoms with van der Waals surface area (Å²) in [6, 6.07) is 17.6. The Morgan fingerprint density at radius 3 is 1.18 bits per heavy atom. The molecular weight excluding hydrogens is 416 g/mol. The van der Waals surface area contributed by atoms with Gasteiger partial charge in [-0.2, -0.15) is 0 Å². The van der Waals surface area contributed by atoms with E-state index in [2.05, 4.69) is 90.1 Å². The lowest BCUT2D eigenvalue weighted by Gasteiger charge is -2.53. The van der Waals surface area contributed by atoms with E-state index in [1.54, 1.807) is 0 Å². The van der Waals surface area contributed by atoms with Crippen LogP contribution in [0.4, 0.5) is 0 Å². The van der Waals surface area contributed by atoms with Crippen LogP contribution in [0.3, 0.4) is 0 Å². The molecule has 0 N–H and O–H groups in total. The molecule has 4 rings (SSSR count). The molecule has 0 amide bonds. The molecule has 2 aromatic carbocycles. The van der Waals surface area contributed by atoms with E-state index in [0.29, 0.717) is 34.9 Å². The Morgan fingerprint density at radius 1 is 0.588 bits per heavy atom. The first-order chi connectivity index (χ1) is 16.4. The fraction of sp³-hybridized carbons (Fsp3) is 0.625.